The van der Waals surface area contributed by atoms with E-state index >= 15 is 0 Å². The number of Topliss-reactive ketones (excluding diaryl/α,β-unsaturated/α-hetero) is 1. The number of hydrogen-bond acceptors (Lipinski definition) is 6. The molecular formula is C20H20N2O5. The molecule has 3 aliphatic rings. The van der Waals surface area contributed by atoms with E-state index in [1.165, 1.54) is 19.2 Å². The average molecular weight is 368 g/mol. The first-order valence-corrected chi connectivity index (χ1v) is 8.96. The molecule has 1 saturated heterocycles. The van der Waals surface area contributed by atoms with Gasteiger partial charge in [-0.2, -0.15) is 0 Å². The van der Waals surface area contributed by atoms with Gasteiger partial charge in [-0.05, 0) is 30.5 Å². The van der Waals surface area contributed by atoms with Crippen molar-refractivity contribution in [1.82, 2.24) is 10.2 Å². The molecule has 2 aliphatic heterocycles. The zero-order valence-electron chi connectivity index (χ0n) is 14.9. The molecule has 2 heterocycles. The zero-order valence-corrected chi connectivity index (χ0v) is 14.9. The lowest BCUT2D eigenvalue weighted by atomic mass is 9.74. The Morgan fingerprint density at radius 1 is 1.22 bits per heavy atom. The molecule has 140 valence electrons. The van der Waals surface area contributed by atoms with Gasteiger partial charge in [0, 0.05) is 36.7 Å². The monoisotopic (exact) mass is 368 g/mol. The highest BCUT2D eigenvalue weighted by atomic mass is 16.5. The number of esters is 1. The van der Waals surface area contributed by atoms with Gasteiger partial charge in [0.2, 0.25) is 0 Å². The molecule has 7 heteroatoms. The minimum atomic E-state index is -0.684. The van der Waals surface area contributed by atoms with Gasteiger partial charge in [-0.1, -0.05) is 12.1 Å². The van der Waals surface area contributed by atoms with E-state index in [1.54, 1.807) is 12.1 Å². The summed E-state index contributed by atoms with van der Waals surface area (Å²) in [5, 5.41) is 12.4. The number of aromatic hydroxyl groups is 1. The summed E-state index contributed by atoms with van der Waals surface area (Å²) in [5.74, 6) is -1.58. The van der Waals surface area contributed by atoms with E-state index in [2.05, 4.69) is 5.32 Å². The van der Waals surface area contributed by atoms with Crippen LogP contribution >= 0.6 is 0 Å². The van der Waals surface area contributed by atoms with Crippen molar-refractivity contribution in [3.63, 3.8) is 0 Å². The Morgan fingerprint density at radius 3 is 2.67 bits per heavy atom. The van der Waals surface area contributed by atoms with E-state index in [1.807, 2.05) is 4.90 Å². The summed E-state index contributed by atoms with van der Waals surface area (Å²) >= 11 is 0. The quantitative estimate of drug-likeness (QED) is 0.765. The number of amides is 1. The van der Waals surface area contributed by atoms with Crippen LogP contribution in [-0.4, -0.2) is 47.9 Å². The number of carbonyl (C=O) groups excluding carboxylic acids is 3. The number of ketones is 1. The van der Waals surface area contributed by atoms with Crippen LogP contribution in [0.3, 0.4) is 0 Å². The molecule has 0 radical (unpaired) electrons. The van der Waals surface area contributed by atoms with Crippen molar-refractivity contribution in [2.24, 2.45) is 0 Å². The van der Waals surface area contributed by atoms with Crippen LogP contribution < -0.4 is 5.32 Å². The minimum Gasteiger partial charge on any atom is -0.508 e. The summed E-state index contributed by atoms with van der Waals surface area (Å²) in [6, 6.07) is 6.37. The Labute approximate surface area is 156 Å². The lowest BCUT2D eigenvalue weighted by Crippen LogP contribution is -2.50. The second kappa shape index (κ2) is 6.57. The fraction of sp³-hybridized carbons (Fsp3) is 0.350. The number of piperazine rings is 1. The molecule has 1 aromatic carbocycles. The molecule has 1 amide bonds. The number of methoxy groups -OCH3 is 1. The van der Waals surface area contributed by atoms with E-state index in [-0.39, 0.29) is 28.7 Å². The lowest BCUT2D eigenvalue weighted by Gasteiger charge is -2.43. The van der Waals surface area contributed by atoms with Gasteiger partial charge in [0.25, 0.3) is 5.91 Å². The Balaban J connectivity index is 2.00. The zero-order chi connectivity index (χ0) is 19.1. The van der Waals surface area contributed by atoms with E-state index in [9.17, 15) is 19.5 Å². The van der Waals surface area contributed by atoms with Gasteiger partial charge in [0.05, 0.1) is 12.7 Å². The first-order valence-electron chi connectivity index (χ1n) is 8.96. The first kappa shape index (κ1) is 17.3. The average Bonchev–Trinajstić information content (AvgIpc) is 2.68. The third kappa shape index (κ3) is 2.70. The normalized spacial score (nSPS) is 22.3. The van der Waals surface area contributed by atoms with Gasteiger partial charge in [-0.15, -0.1) is 0 Å². The van der Waals surface area contributed by atoms with Gasteiger partial charge in [-0.25, -0.2) is 4.79 Å². The highest BCUT2D eigenvalue weighted by Gasteiger charge is 2.45. The van der Waals surface area contributed by atoms with Crippen molar-refractivity contribution in [2.75, 3.05) is 20.2 Å². The highest BCUT2D eigenvalue weighted by molar-refractivity contribution is 6.09. The van der Waals surface area contributed by atoms with Crippen molar-refractivity contribution in [3.8, 4) is 5.75 Å². The number of ether oxygens (including phenoxy) is 1. The van der Waals surface area contributed by atoms with Gasteiger partial charge >= 0.3 is 5.97 Å². The summed E-state index contributed by atoms with van der Waals surface area (Å²) in [7, 11) is 1.27. The number of fused-ring (bicyclic) bond motifs is 2. The molecule has 4 rings (SSSR count). The molecule has 2 N–H and O–H groups in total. The maximum absolute atomic E-state index is 12.9. The van der Waals surface area contributed by atoms with Crippen LogP contribution in [0.25, 0.3) is 0 Å². The SMILES string of the molecule is COC(=O)C1=C2C(=O)NCCN2C2=C(C(=O)CCC2)C1c1ccc(O)cc1. The third-order valence-corrected chi connectivity index (χ3v) is 5.32. The van der Waals surface area contributed by atoms with Crippen LogP contribution in [0, 0.1) is 0 Å². The van der Waals surface area contributed by atoms with Crippen molar-refractivity contribution in [1.29, 1.82) is 0 Å². The molecule has 1 aliphatic carbocycles. The Kier molecular flexibility index (Phi) is 4.22. The molecule has 27 heavy (non-hydrogen) atoms. The molecule has 1 unspecified atom stereocenters. The van der Waals surface area contributed by atoms with Crippen LogP contribution in [-0.2, 0) is 19.1 Å². The fourth-order valence-corrected chi connectivity index (χ4v) is 4.20. The number of benzene rings is 1. The Morgan fingerprint density at radius 2 is 1.96 bits per heavy atom. The van der Waals surface area contributed by atoms with Gasteiger partial charge in [0.15, 0.2) is 5.78 Å². The third-order valence-electron chi connectivity index (χ3n) is 5.32. The summed E-state index contributed by atoms with van der Waals surface area (Å²) in [6.07, 6.45) is 1.82. The number of hydrogen-bond donors (Lipinski definition) is 2. The summed E-state index contributed by atoms with van der Waals surface area (Å²) < 4.78 is 4.99. The first-order chi connectivity index (χ1) is 13.0. The fourth-order valence-electron chi connectivity index (χ4n) is 4.20. The molecule has 0 bridgehead atoms. The van der Waals surface area contributed by atoms with Crippen LogP contribution in [0.15, 0.2) is 46.8 Å². The van der Waals surface area contributed by atoms with Crippen molar-refractivity contribution in [2.45, 2.75) is 25.2 Å². The maximum atomic E-state index is 12.9. The van der Waals surface area contributed by atoms with E-state index in [0.717, 1.165) is 12.1 Å². The maximum Gasteiger partial charge on any atom is 0.337 e. The molecular weight excluding hydrogens is 348 g/mol. The number of allylic oxidation sites excluding steroid dienone is 2. The molecule has 1 atom stereocenters. The van der Waals surface area contributed by atoms with Crippen LogP contribution in [0.1, 0.15) is 30.7 Å². The van der Waals surface area contributed by atoms with Crippen molar-refractivity contribution < 1.29 is 24.2 Å². The highest BCUT2D eigenvalue weighted by Crippen LogP contribution is 2.46. The largest absolute Gasteiger partial charge is 0.508 e. The van der Waals surface area contributed by atoms with Gasteiger partial charge < -0.3 is 20.1 Å². The minimum absolute atomic E-state index is 0.0132. The number of nitrogens with one attached hydrogen (secondary N) is 1. The number of phenols is 1. The Hall–Kier alpha value is -3.09. The molecule has 1 fully saturated rings. The van der Waals surface area contributed by atoms with E-state index in [0.29, 0.717) is 37.1 Å². The second-order valence-electron chi connectivity index (χ2n) is 6.82. The summed E-state index contributed by atoms with van der Waals surface area (Å²) in [6.45, 7) is 0.960. The van der Waals surface area contributed by atoms with Gasteiger partial charge in [-0.3, -0.25) is 9.59 Å². The van der Waals surface area contributed by atoms with Crippen LogP contribution in [0.2, 0.25) is 0 Å². The topological polar surface area (TPSA) is 95.9 Å². The smallest absolute Gasteiger partial charge is 0.337 e. The lowest BCUT2D eigenvalue weighted by molar-refractivity contribution is -0.137. The van der Waals surface area contributed by atoms with Crippen LogP contribution in [0.4, 0.5) is 0 Å². The van der Waals surface area contributed by atoms with Crippen molar-refractivity contribution in [3.05, 3.63) is 52.4 Å². The molecule has 0 saturated carbocycles. The summed E-state index contributed by atoms with van der Waals surface area (Å²) in [5.41, 5.74) is 2.49. The predicted octanol–water partition coefficient (Wildman–Crippen LogP) is 1.36. The van der Waals surface area contributed by atoms with E-state index < -0.39 is 11.9 Å². The number of phenolic OH excluding ortho intramolecular Hbond substituents is 1. The molecule has 0 spiro atoms. The predicted molar refractivity (Wildman–Crippen MR) is 95.5 cm³/mol. The number of nitrogens with zero attached hydrogens (tertiary/aromatic N) is 1. The van der Waals surface area contributed by atoms with E-state index in [4.69, 9.17) is 4.74 Å². The van der Waals surface area contributed by atoms with Crippen LogP contribution in [0.5, 0.6) is 5.75 Å². The van der Waals surface area contributed by atoms with Gasteiger partial charge in [0.1, 0.15) is 11.4 Å². The second-order valence-corrected chi connectivity index (χ2v) is 6.82. The molecule has 7 nitrogen and oxygen atoms in total. The number of carbonyl (C=O) groups is 3. The Bertz CT molecular complexity index is 897. The molecule has 1 aromatic rings. The standard InChI is InChI=1S/C20H20N2O5/c1-27-20(26)17-15(11-5-7-12(23)8-6-11)16-13(3-2-4-14(16)24)22-10-9-21-19(25)18(17)22/h5-8,15,23H,2-4,9-10H2,1H3,(H,21,25). The molecule has 0 aromatic heterocycles. The number of rotatable bonds is 2. The van der Waals surface area contributed by atoms with Crippen molar-refractivity contribution >= 4 is 17.7 Å². The summed E-state index contributed by atoms with van der Waals surface area (Å²) in [4.78, 5) is 40.1.